The highest BCUT2D eigenvalue weighted by molar-refractivity contribution is 6.27. The second kappa shape index (κ2) is 9.67. The van der Waals surface area contributed by atoms with Crippen LogP contribution in [0, 0.1) is 32.1 Å². The zero-order chi connectivity index (χ0) is 26.8. The maximum atomic E-state index is 12.9. The van der Waals surface area contributed by atoms with Crippen LogP contribution in [0.4, 0.5) is 11.4 Å². The molecule has 0 saturated heterocycles. The van der Waals surface area contributed by atoms with Crippen molar-refractivity contribution in [3.05, 3.63) is 127 Å². The molecule has 0 fully saturated rings. The monoisotopic (exact) mass is 505 g/mol. The molecule has 0 saturated carbocycles. The van der Waals surface area contributed by atoms with Gasteiger partial charge in [0.1, 0.15) is 22.6 Å². The third-order valence-electron chi connectivity index (χ3n) is 5.72. The van der Waals surface area contributed by atoms with Gasteiger partial charge in [0.15, 0.2) is 0 Å². The van der Waals surface area contributed by atoms with Crippen LogP contribution in [0.5, 0.6) is 11.5 Å². The van der Waals surface area contributed by atoms with Crippen LogP contribution in [0.15, 0.2) is 84.9 Å². The van der Waals surface area contributed by atoms with Crippen molar-refractivity contribution in [1.29, 1.82) is 0 Å². The molecular weight excluding hydrogens is 490 g/mol. The van der Waals surface area contributed by atoms with Gasteiger partial charge in [-0.1, -0.05) is 60.4 Å². The smallest absolute Gasteiger partial charge is 0.363 e. The van der Waals surface area contributed by atoms with Crippen LogP contribution in [0.1, 0.15) is 31.8 Å². The second-order valence-electron chi connectivity index (χ2n) is 8.05. The Bertz CT molecular complexity index is 1690. The minimum absolute atomic E-state index is 0.0599. The summed E-state index contributed by atoms with van der Waals surface area (Å²) in [7, 11) is 0. The predicted molar refractivity (Wildman–Crippen MR) is 136 cm³/mol. The molecule has 0 radical (unpaired) electrons. The van der Waals surface area contributed by atoms with E-state index in [-0.39, 0.29) is 22.3 Å². The molecular formula is C28H15N3O7. The molecule has 0 bridgehead atoms. The van der Waals surface area contributed by atoms with Crippen molar-refractivity contribution in [3.8, 4) is 34.5 Å². The zero-order valence-corrected chi connectivity index (χ0v) is 19.3. The highest BCUT2D eigenvalue weighted by Gasteiger charge is 2.46. The summed E-state index contributed by atoms with van der Waals surface area (Å²) in [5.74, 6) is 4.46. The Hall–Kier alpha value is -5.82. The number of ether oxygens (including phenoxy) is 1. The molecule has 5 rings (SSSR count). The maximum Gasteiger partial charge on any atom is 0.363 e. The number of nitro groups is 2. The van der Waals surface area contributed by atoms with E-state index in [0.717, 1.165) is 0 Å². The number of imide groups is 1. The number of carbonyl (C=O) groups excluding carboxylic acids is 2. The van der Waals surface area contributed by atoms with Crippen molar-refractivity contribution < 1.29 is 24.2 Å². The molecule has 0 unspecified atom stereocenters. The summed E-state index contributed by atoms with van der Waals surface area (Å²) in [6, 6.07) is 23.7. The third-order valence-corrected chi connectivity index (χ3v) is 5.72. The van der Waals surface area contributed by atoms with Gasteiger partial charge in [0, 0.05) is 11.1 Å². The number of amides is 2. The van der Waals surface area contributed by atoms with E-state index in [0.29, 0.717) is 17.1 Å². The molecule has 10 heteroatoms. The van der Waals surface area contributed by atoms with E-state index in [4.69, 9.17) is 4.74 Å². The van der Waals surface area contributed by atoms with Crippen LogP contribution in [0.25, 0.3) is 11.1 Å². The van der Waals surface area contributed by atoms with E-state index in [1.165, 1.54) is 12.1 Å². The summed E-state index contributed by atoms with van der Waals surface area (Å²) in [6.07, 6.45) is 0. The molecule has 1 aliphatic rings. The number of rotatable bonds is 5. The van der Waals surface area contributed by atoms with E-state index in [9.17, 15) is 29.8 Å². The van der Waals surface area contributed by atoms with Gasteiger partial charge in [-0.25, -0.2) is 0 Å². The molecule has 1 aliphatic heterocycles. The van der Waals surface area contributed by atoms with E-state index in [1.807, 2.05) is 11.4 Å². The number of hydrogen-bond donors (Lipinski definition) is 1. The average molecular weight is 505 g/mol. The molecule has 1 N–H and O–H groups in total. The SMILES string of the molecule is O=C1NC(=O)c2c1c(-c1ccc(Oc3ccccc3)cc1)c(C#Cc1ccccc1)c([N+](=O)[O-])c2[N+](=O)[O-]. The van der Waals surface area contributed by atoms with Gasteiger partial charge in [-0.05, 0) is 42.0 Å². The number of nitro benzene ring substituents is 2. The van der Waals surface area contributed by atoms with Gasteiger partial charge >= 0.3 is 11.4 Å². The normalized spacial score (nSPS) is 11.7. The first-order valence-corrected chi connectivity index (χ1v) is 11.1. The van der Waals surface area contributed by atoms with Gasteiger partial charge in [0.2, 0.25) is 0 Å². The Kier molecular flexibility index (Phi) is 6.08. The van der Waals surface area contributed by atoms with E-state index in [2.05, 4.69) is 11.8 Å². The second-order valence-corrected chi connectivity index (χ2v) is 8.05. The molecule has 4 aromatic rings. The molecule has 10 nitrogen and oxygen atoms in total. The third kappa shape index (κ3) is 4.31. The quantitative estimate of drug-likeness (QED) is 0.169. The van der Waals surface area contributed by atoms with Crippen molar-refractivity contribution in [1.82, 2.24) is 5.32 Å². The van der Waals surface area contributed by atoms with Gasteiger partial charge in [-0.2, -0.15) is 0 Å². The Balaban J connectivity index is 1.78. The summed E-state index contributed by atoms with van der Waals surface area (Å²) in [4.78, 5) is 47.6. The van der Waals surface area contributed by atoms with Gasteiger partial charge in [-0.3, -0.25) is 35.1 Å². The fourth-order valence-corrected chi connectivity index (χ4v) is 4.14. The van der Waals surface area contributed by atoms with Crippen LogP contribution >= 0.6 is 0 Å². The Morgan fingerprint density at radius 1 is 0.632 bits per heavy atom. The summed E-state index contributed by atoms with van der Waals surface area (Å²) >= 11 is 0. The first kappa shape index (κ1) is 23.9. The lowest BCUT2D eigenvalue weighted by Gasteiger charge is -2.12. The van der Waals surface area contributed by atoms with Gasteiger partial charge in [0.05, 0.1) is 15.4 Å². The highest BCUT2D eigenvalue weighted by Crippen LogP contribution is 2.45. The number of fused-ring (bicyclic) bond motifs is 1. The lowest BCUT2D eigenvalue weighted by atomic mass is 9.89. The first-order chi connectivity index (χ1) is 18.3. The van der Waals surface area contributed by atoms with E-state index >= 15 is 0 Å². The Labute approximate surface area is 214 Å². The molecule has 0 aliphatic carbocycles. The van der Waals surface area contributed by atoms with E-state index < -0.39 is 38.6 Å². The minimum atomic E-state index is -1.09. The van der Waals surface area contributed by atoms with Crippen LogP contribution in [-0.4, -0.2) is 21.7 Å². The number of nitrogens with zero attached hydrogens (tertiary/aromatic N) is 2. The average Bonchev–Trinajstić information content (AvgIpc) is 3.21. The lowest BCUT2D eigenvalue weighted by Crippen LogP contribution is -2.20. The predicted octanol–water partition coefficient (Wildman–Crippen LogP) is 5.25. The van der Waals surface area contributed by atoms with Crippen molar-refractivity contribution in [2.75, 3.05) is 0 Å². The maximum absolute atomic E-state index is 12.9. The fraction of sp³-hybridized carbons (Fsp3) is 0. The summed E-state index contributed by atoms with van der Waals surface area (Å²) in [6.45, 7) is 0. The minimum Gasteiger partial charge on any atom is -0.457 e. The zero-order valence-electron chi connectivity index (χ0n) is 19.3. The molecule has 184 valence electrons. The van der Waals surface area contributed by atoms with Gasteiger partial charge < -0.3 is 4.74 Å². The fourth-order valence-electron chi connectivity index (χ4n) is 4.14. The molecule has 1 heterocycles. The molecule has 38 heavy (non-hydrogen) atoms. The number of carbonyl (C=O) groups is 2. The summed E-state index contributed by atoms with van der Waals surface area (Å²) < 4.78 is 5.79. The number of nitrogens with one attached hydrogen (secondary N) is 1. The topological polar surface area (TPSA) is 142 Å². The van der Waals surface area contributed by atoms with Crippen molar-refractivity contribution >= 4 is 23.2 Å². The first-order valence-electron chi connectivity index (χ1n) is 11.1. The van der Waals surface area contributed by atoms with Crippen molar-refractivity contribution in [2.24, 2.45) is 0 Å². The summed E-state index contributed by atoms with van der Waals surface area (Å²) in [5, 5.41) is 26.2. The van der Waals surface area contributed by atoms with Crippen LogP contribution in [0.3, 0.4) is 0 Å². The number of benzene rings is 4. The molecule has 4 aromatic carbocycles. The van der Waals surface area contributed by atoms with Crippen LogP contribution < -0.4 is 10.1 Å². The highest BCUT2D eigenvalue weighted by atomic mass is 16.6. The summed E-state index contributed by atoms with van der Waals surface area (Å²) in [5.41, 5.74) is -2.72. The van der Waals surface area contributed by atoms with Gasteiger partial charge in [0.25, 0.3) is 11.8 Å². The largest absolute Gasteiger partial charge is 0.457 e. The standard InChI is InChI=1S/C28H15N3O7/c32-27-23-22(18-12-14-20(15-13-18)38-19-9-5-2-6-10-19)21(16-11-17-7-3-1-4-8-17)25(30(34)35)26(31(36)37)24(23)28(33)29-27/h1-10,12-15H,(H,29,32,33). The van der Waals surface area contributed by atoms with E-state index in [1.54, 1.807) is 66.7 Å². The molecule has 0 aromatic heterocycles. The van der Waals surface area contributed by atoms with Crippen LogP contribution in [0.2, 0.25) is 0 Å². The number of para-hydroxylation sites is 1. The lowest BCUT2D eigenvalue weighted by molar-refractivity contribution is -0.422. The molecule has 0 spiro atoms. The molecule has 2 amide bonds. The van der Waals surface area contributed by atoms with Crippen LogP contribution in [-0.2, 0) is 0 Å². The van der Waals surface area contributed by atoms with Crippen molar-refractivity contribution in [2.45, 2.75) is 0 Å². The van der Waals surface area contributed by atoms with Gasteiger partial charge in [-0.15, -0.1) is 0 Å². The Morgan fingerprint density at radius 3 is 1.79 bits per heavy atom. The van der Waals surface area contributed by atoms with Crippen molar-refractivity contribution in [3.63, 3.8) is 0 Å². The Morgan fingerprint density at radius 2 is 1.18 bits per heavy atom. The number of hydrogen-bond acceptors (Lipinski definition) is 7. The molecule has 0 atom stereocenters.